The molecule has 0 atom stereocenters. The van der Waals surface area contributed by atoms with Crippen molar-refractivity contribution in [2.24, 2.45) is 0 Å². The number of nitrogens with zero attached hydrogens (tertiary/aromatic N) is 5. The third kappa shape index (κ3) is 4.93. The molecule has 1 saturated heterocycles. The van der Waals surface area contributed by atoms with Crippen molar-refractivity contribution in [2.75, 3.05) is 37.4 Å². The SMILES string of the molecule is COCCn1nc(C)c(NC(=O)c2ccn3c2CCc2cnc(Nc4ccc(OC5CNC5)cc4C)nc2-3)c1C. The Balaban J connectivity index is 1.21. The van der Waals surface area contributed by atoms with Gasteiger partial charge in [0.1, 0.15) is 17.7 Å². The first kappa shape index (κ1) is 26.0. The van der Waals surface area contributed by atoms with Crippen LogP contribution >= 0.6 is 0 Å². The van der Waals surface area contributed by atoms with E-state index in [1.165, 1.54) is 0 Å². The van der Waals surface area contributed by atoms with Gasteiger partial charge in [0.15, 0.2) is 0 Å². The molecular formula is C29H34N8O3. The van der Waals surface area contributed by atoms with Crippen LogP contribution in [0.1, 0.15) is 38.6 Å². The van der Waals surface area contributed by atoms with Crippen LogP contribution in [0, 0.1) is 20.8 Å². The molecule has 11 nitrogen and oxygen atoms in total. The number of carbonyl (C=O) groups is 1. The standard InChI is InChI=1S/C29H34N8O3/c1-17-13-21(40-22-15-30-16-22)6-7-24(17)32-29-31-14-20-5-8-25-23(9-10-36(25)27(20)34-29)28(38)33-26-18(2)35-37(19(26)3)11-12-39-4/h6-7,9-10,13-14,22,30H,5,8,11-12,15-16H2,1-4H3,(H,33,38)(H,31,32,34). The van der Waals surface area contributed by atoms with Crippen LogP contribution in [0.25, 0.3) is 5.82 Å². The molecule has 3 aromatic heterocycles. The van der Waals surface area contributed by atoms with Gasteiger partial charge in [-0.25, -0.2) is 4.98 Å². The summed E-state index contributed by atoms with van der Waals surface area (Å²) < 4.78 is 15.0. The second-order valence-electron chi connectivity index (χ2n) is 10.3. The summed E-state index contributed by atoms with van der Waals surface area (Å²) in [4.78, 5) is 22.8. The van der Waals surface area contributed by atoms with Gasteiger partial charge in [-0.05, 0) is 63.4 Å². The summed E-state index contributed by atoms with van der Waals surface area (Å²) >= 11 is 0. The molecule has 5 heterocycles. The second kappa shape index (κ2) is 10.7. The first-order valence-electron chi connectivity index (χ1n) is 13.6. The molecule has 1 fully saturated rings. The number of methoxy groups -OCH3 is 1. The van der Waals surface area contributed by atoms with Crippen LogP contribution in [0.3, 0.4) is 0 Å². The highest BCUT2D eigenvalue weighted by Crippen LogP contribution is 2.30. The van der Waals surface area contributed by atoms with Crippen molar-refractivity contribution in [3.8, 4) is 11.6 Å². The van der Waals surface area contributed by atoms with Crippen LogP contribution in [-0.4, -0.2) is 63.1 Å². The maximum Gasteiger partial charge on any atom is 0.257 e. The molecule has 0 saturated carbocycles. The molecule has 40 heavy (non-hydrogen) atoms. The van der Waals surface area contributed by atoms with Crippen molar-refractivity contribution in [2.45, 2.75) is 46.3 Å². The first-order chi connectivity index (χ1) is 19.4. The summed E-state index contributed by atoms with van der Waals surface area (Å²) in [6.45, 7) is 8.83. The van der Waals surface area contributed by atoms with Gasteiger partial charge in [-0.1, -0.05) is 0 Å². The van der Waals surface area contributed by atoms with Gasteiger partial charge < -0.3 is 30.0 Å². The summed E-state index contributed by atoms with van der Waals surface area (Å²) in [6, 6.07) is 7.84. The third-order valence-electron chi connectivity index (χ3n) is 7.56. The molecule has 2 aliphatic heterocycles. The van der Waals surface area contributed by atoms with Crippen LogP contribution in [0.5, 0.6) is 5.75 Å². The van der Waals surface area contributed by atoms with Gasteiger partial charge in [-0.2, -0.15) is 10.1 Å². The highest BCUT2D eigenvalue weighted by molar-refractivity contribution is 6.06. The lowest BCUT2D eigenvalue weighted by Crippen LogP contribution is -2.50. The van der Waals surface area contributed by atoms with E-state index in [1.54, 1.807) is 7.11 Å². The van der Waals surface area contributed by atoms with Crippen LogP contribution in [0.2, 0.25) is 0 Å². The number of ether oxygens (including phenoxy) is 2. The fourth-order valence-electron chi connectivity index (χ4n) is 5.18. The van der Waals surface area contributed by atoms with E-state index in [1.807, 2.05) is 66.7 Å². The number of benzene rings is 1. The monoisotopic (exact) mass is 542 g/mol. The van der Waals surface area contributed by atoms with Gasteiger partial charge in [0, 0.05) is 49.5 Å². The maximum absolute atomic E-state index is 13.4. The zero-order valence-electron chi connectivity index (χ0n) is 23.2. The number of carbonyl (C=O) groups excluding carboxylic acids is 1. The molecule has 4 aromatic rings. The quantitative estimate of drug-likeness (QED) is 0.294. The molecule has 0 radical (unpaired) electrons. The molecule has 1 amide bonds. The van der Waals surface area contributed by atoms with Crippen molar-refractivity contribution in [1.29, 1.82) is 0 Å². The first-order valence-corrected chi connectivity index (χ1v) is 13.6. The van der Waals surface area contributed by atoms with Gasteiger partial charge in [-0.3, -0.25) is 9.48 Å². The largest absolute Gasteiger partial charge is 0.488 e. The Morgan fingerprint density at radius 2 is 2.02 bits per heavy atom. The average Bonchev–Trinajstić information content (AvgIpc) is 3.48. The fraction of sp³-hybridized carbons (Fsp3) is 0.379. The molecule has 3 N–H and O–H groups in total. The normalized spacial score (nSPS) is 14.3. The zero-order chi connectivity index (χ0) is 27.8. The average molecular weight is 543 g/mol. The van der Waals surface area contributed by atoms with Gasteiger partial charge in [0.25, 0.3) is 5.91 Å². The number of hydrogen-bond donors (Lipinski definition) is 3. The van der Waals surface area contributed by atoms with E-state index in [2.05, 4.69) is 26.0 Å². The Bertz CT molecular complexity index is 1570. The maximum atomic E-state index is 13.4. The molecule has 0 aliphatic carbocycles. The van der Waals surface area contributed by atoms with Crippen LogP contribution < -0.4 is 20.7 Å². The minimum absolute atomic E-state index is 0.155. The van der Waals surface area contributed by atoms with Crippen molar-refractivity contribution in [3.05, 3.63) is 70.4 Å². The summed E-state index contributed by atoms with van der Waals surface area (Å²) in [5, 5.41) is 14.2. The highest BCUT2D eigenvalue weighted by Gasteiger charge is 2.25. The number of fused-ring (bicyclic) bond motifs is 3. The van der Waals surface area contributed by atoms with Crippen molar-refractivity contribution in [1.82, 2.24) is 29.6 Å². The van der Waals surface area contributed by atoms with E-state index in [-0.39, 0.29) is 12.0 Å². The molecule has 0 spiro atoms. The lowest BCUT2D eigenvalue weighted by molar-refractivity contribution is 0.102. The van der Waals surface area contributed by atoms with Gasteiger partial charge in [0.2, 0.25) is 5.95 Å². The summed E-state index contributed by atoms with van der Waals surface area (Å²) in [5.74, 6) is 1.99. The van der Waals surface area contributed by atoms with Crippen molar-refractivity contribution < 1.29 is 14.3 Å². The Morgan fingerprint density at radius 1 is 1.18 bits per heavy atom. The number of nitrogens with one attached hydrogen (secondary N) is 3. The van der Waals surface area contributed by atoms with Crippen molar-refractivity contribution in [3.63, 3.8) is 0 Å². The second-order valence-corrected chi connectivity index (χ2v) is 10.3. The topological polar surface area (TPSA) is 120 Å². The molecule has 11 heteroatoms. The Hall–Kier alpha value is -4.22. The van der Waals surface area contributed by atoms with Crippen molar-refractivity contribution >= 4 is 23.2 Å². The highest BCUT2D eigenvalue weighted by atomic mass is 16.5. The molecular weight excluding hydrogens is 508 g/mol. The smallest absolute Gasteiger partial charge is 0.257 e. The molecule has 0 bridgehead atoms. The minimum Gasteiger partial charge on any atom is -0.488 e. The number of hydrogen-bond acceptors (Lipinski definition) is 8. The zero-order valence-corrected chi connectivity index (χ0v) is 23.2. The lowest BCUT2D eigenvalue weighted by atomic mass is 10.0. The Kier molecular flexibility index (Phi) is 6.99. The Labute approximate surface area is 232 Å². The summed E-state index contributed by atoms with van der Waals surface area (Å²) in [6.07, 6.45) is 5.49. The van der Waals surface area contributed by atoms with E-state index in [0.29, 0.717) is 24.7 Å². The van der Waals surface area contributed by atoms with Gasteiger partial charge >= 0.3 is 0 Å². The predicted molar refractivity (Wildman–Crippen MR) is 152 cm³/mol. The van der Waals surface area contributed by atoms with E-state index in [0.717, 1.165) is 77.1 Å². The Morgan fingerprint density at radius 3 is 2.77 bits per heavy atom. The number of aromatic nitrogens is 5. The predicted octanol–water partition coefficient (Wildman–Crippen LogP) is 3.48. The van der Waals surface area contributed by atoms with E-state index < -0.39 is 0 Å². The third-order valence-corrected chi connectivity index (χ3v) is 7.56. The molecule has 2 aliphatic rings. The number of rotatable bonds is 9. The number of anilines is 3. The molecule has 208 valence electrons. The molecule has 1 aromatic carbocycles. The van der Waals surface area contributed by atoms with E-state index in [9.17, 15) is 4.79 Å². The van der Waals surface area contributed by atoms with Gasteiger partial charge in [0.05, 0.1) is 35.8 Å². The van der Waals surface area contributed by atoms with E-state index >= 15 is 0 Å². The number of amides is 1. The van der Waals surface area contributed by atoms with Gasteiger partial charge in [-0.15, -0.1) is 0 Å². The van der Waals surface area contributed by atoms with E-state index in [4.69, 9.17) is 14.5 Å². The molecule has 0 unspecified atom stereocenters. The van der Waals surface area contributed by atoms with Crippen LogP contribution in [0.4, 0.5) is 17.3 Å². The lowest BCUT2D eigenvalue weighted by Gasteiger charge is -2.28. The number of aryl methyl sites for hydroxylation is 3. The van der Waals surface area contributed by atoms with Crippen LogP contribution in [0.15, 0.2) is 36.7 Å². The van der Waals surface area contributed by atoms with Crippen LogP contribution in [-0.2, 0) is 24.1 Å². The summed E-state index contributed by atoms with van der Waals surface area (Å²) in [5.41, 5.74) is 6.99. The molecule has 6 rings (SSSR count). The summed E-state index contributed by atoms with van der Waals surface area (Å²) in [7, 11) is 1.66. The minimum atomic E-state index is -0.155. The fourth-order valence-corrected chi connectivity index (χ4v) is 5.18.